The van der Waals surface area contributed by atoms with Gasteiger partial charge in [0.2, 0.25) is 0 Å². The summed E-state index contributed by atoms with van der Waals surface area (Å²) in [5, 5.41) is 6.91. The maximum atomic E-state index is 12.8. The van der Waals surface area contributed by atoms with Crippen LogP contribution in [0.15, 0.2) is 77.5 Å². The van der Waals surface area contributed by atoms with Crippen molar-refractivity contribution in [2.24, 2.45) is 0 Å². The predicted octanol–water partition coefficient (Wildman–Crippen LogP) is 6.54. The number of carbonyl (C=O) groups is 2. The summed E-state index contributed by atoms with van der Waals surface area (Å²) >= 11 is 3.24. The Labute approximate surface area is 192 Å². The number of fused-ring (bicyclic) bond motifs is 1. The Balaban J connectivity index is 1.51. The largest absolute Gasteiger partial charge is 0.322 e. The molecular weight excluding hydrogens is 438 g/mol. The number of ketones is 1. The van der Waals surface area contributed by atoms with Crippen LogP contribution >= 0.6 is 22.7 Å². The maximum absolute atomic E-state index is 12.8. The average molecular weight is 456 g/mol. The summed E-state index contributed by atoms with van der Waals surface area (Å²) in [5.74, 6) is -0.260. The second kappa shape index (κ2) is 8.45. The SMILES string of the molecule is CC(=O)c1ccc(NC(=O)c2ccc3nc(-c4cccs4)c(-c4cccs4)nc3c2)cc1. The number of Topliss-reactive ketones (excluding diaryl/α,β-unsaturated/α-hetero) is 1. The van der Waals surface area contributed by atoms with Crippen molar-refractivity contribution in [3.63, 3.8) is 0 Å². The van der Waals surface area contributed by atoms with Crippen LogP contribution in [0.4, 0.5) is 5.69 Å². The zero-order chi connectivity index (χ0) is 22.1. The molecule has 0 saturated carbocycles. The number of rotatable bonds is 5. The number of hydrogen-bond acceptors (Lipinski definition) is 6. The standard InChI is InChI=1S/C25H17N3O2S2/c1-15(29)16-6-9-18(10-7-16)26-25(30)17-8-11-19-20(14-17)28-24(22-5-3-13-32-22)23(27-19)21-4-2-12-31-21/h2-14H,1H3,(H,26,30). The lowest BCUT2D eigenvalue weighted by Crippen LogP contribution is -2.12. The minimum absolute atomic E-state index is 0.0144. The fourth-order valence-corrected chi connectivity index (χ4v) is 4.79. The third-order valence-electron chi connectivity index (χ3n) is 4.98. The fourth-order valence-electron chi connectivity index (χ4n) is 3.36. The van der Waals surface area contributed by atoms with Crippen LogP contribution in [0.25, 0.3) is 32.2 Å². The molecular formula is C25H17N3O2S2. The summed E-state index contributed by atoms with van der Waals surface area (Å²) in [7, 11) is 0. The number of amides is 1. The zero-order valence-electron chi connectivity index (χ0n) is 17.0. The molecule has 0 atom stereocenters. The molecule has 0 fully saturated rings. The van der Waals surface area contributed by atoms with Gasteiger partial charge in [-0.3, -0.25) is 9.59 Å². The van der Waals surface area contributed by atoms with Crippen LogP contribution in [0, 0.1) is 0 Å². The number of nitrogens with zero attached hydrogens (tertiary/aromatic N) is 2. The van der Waals surface area contributed by atoms with Gasteiger partial charge in [0.15, 0.2) is 5.78 Å². The Hall–Kier alpha value is -3.68. The van der Waals surface area contributed by atoms with Crippen LogP contribution in [0.3, 0.4) is 0 Å². The van der Waals surface area contributed by atoms with E-state index in [9.17, 15) is 9.59 Å². The van der Waals surface area contributed by atoms with Crippen molar-refractivity contribution in [3.8, 4) is 21.1 Å². The molecule has 1 amide bonds. The van der Waals surface area contributed by atoms with E-state index in [4.69, 9.17) is 9.97 Å². The van der Waals surface area contributed by atoms with E-state index in [1.54, 1.807) is 59.1 Å². The Morgan fingerprint density at radius 3 is 1.91 bits per heavy atom. The number of hydrogen-bond donors (Lipinski definition) is 1. The third kappa shape index (κ3) is 3.95. The number of nitrogens with one attached hydrogen (secondary N) is 1. The second-order valence-electron chi connectivity index (χ2n) is 7.17. The molecule has 0 aliphatic carbocycles. The van der Waals surface area contributed by atoms with Crippen molar-refractivity contribution in [1.82, 2.24) is 9.97 Å². The van der Waals surface area contributed by atoms with E-state index in [-0.39, 0.29) is 11.7 Å². The van der Waals surface area contributed by atoms with Gasteiger partial charge in [-0.05, 0) is 72.3 Å². The van der Waals surface area contributed by atoms with Crippen molar-refractivity contribution in [2.45, 2.75) is 6.92 Å². The lowest BCUT2D eigenvalue weighted by molar-refractivity contribution is 0.101. The lowest BCUT2D eigenvalue weighted by Gasteiger charge is -2.09. The molecule has 0 aliphatic heterocycles. The Morgan fingerprint density at radius 2 is 1.34 bits per heavy atom. The highest BCUT2D eigenvalue weighted by atomic mass is 32.1. The van der Waals surface area contributed by atoms with Gasteiger partial charge >= 0.3 is 0 Å². The first-order valence-electron chi connectivity index (χ1n) is 9.90. The van der Waals surface area contributed by atoms with Gasteiger partial charge in [0, 0.05) is 16.8 Å². The number of thiophene rings is 2. The first-order valence-corrected chi connectivity index (χ1v) is 11.7. The van der Waals surface area contributed by atoms with Crippen LogP contribution in [0.2, 0.25) is 0 Å². The van der Waals surface area contributed by atoms with Gasteiger partial charge in [0.05, 0.1) is 20.8 Å². The van der Waals surface area contributed by atoms with E-state index < -0.39 is 0 Å². The van der Waals surface area contributed by atoms with Crippen LogP contribution < -0.4 is 5.32 Å². The van der Waals surface area contributed by atoms with E-state index in [0.29, 0.717) is 22.3 Å². The highest BCUT2D eigenvalue weighted by molar-refractivity contribution is 7.14. The van der Waals surface area contributed by atoms with Crippen molar-refractivity contribution in [1.29, 1.82) is 0 Å². The van der Waals surface area contributed by atoms with Gasteiger partial charge in [-0.15, -0.1) is 22.7 Å². The molecule has 0 unspecified atom stereocenters. The molecule has 7 heteroatoms. The van der Waals surface area contributed by atoms with Crippen molar-refractivity contribution in [2.75, 3.05) is 5.32 Å². The van der Waals surface area contributed by atoms with Gasteiger partial charge in [0.25, 0.3) is 5.91 Å². The molecule has 32 heavy (non-hydrogen) atoms. The number of anilines is 1. The van der Waals surface area contributed by atoms with E-state index >= 15 is 0 Å². The van der Waals surface area contributed by atoms with Crippen LogP contribution in [0.5, 0.6) is 0 Å². The predicted molar refractivity (Wildman–Crippen MR) is 131 cm³/mol. The Morgan fingerprint density at radius 1 is 0.750 bits per heavy atom. The minimum atomic E-state index is -0.246. The second-order valence-corrected chi connectivity index (χ2v) is 9.06. The summed E-state index contributed by atoms with van der Waals surface area (Å²) < 4.78 is 0. The summed E-state index contributed by atoms with van der Waals surface area (Å²) in [4.78, 5) is 36.1. The molecule has 3 aromatic heterocycles. The van der Waals surface area contributed by atoms with E-state index in [1.807, 2.05) is 41.1 Å². The molecule has 0 saturated heterocycles. The minimum Gasteiger partial charge on any atom is -0.322 e. The van der Waals surface area contributed by atoms with Gasteiger partial charge < -0.3 is 5.32 Å². The van der Waals surface area contributed by atoms with Gasteiger partial charge in [-0.25, -0.2) is 9.97 Å². The van der Waals surface area contributed by atoms with Gasteiger partial charge in [-0.1, -0.05) is 12.1 Å². The highest BCUT2D eigenvalue weighted by Gasteiger charge is 2.16. The maximum Gasteiger partial charge on any atom is 0.255 e. The summed E-state index contributed by atoms with van der Waals surface area (Å²) in [6.45, 7) is 1.51. The Bertz CT molecular complexity index is 1420. The molecule has 3 heterocycles. The van der Waals surface area contributed by atoms with E-state index in [0.717, 1.165) is 26.7 Å². The zero-order valence-corrected chi connectivity index (χ0v) is 18.7. The van der Waals surface area contributed by atoms with Crippen LogP contribution in [-0.2, 0) is 0 Å². The summed E-state index contributed by atoms with van der Waals surface area (Å²) in [6.07, 6.45) is 0. The molecule has 0 spiro atoms. The molecule has 0 aliphatic rings. The first-order chi connectivity index (χ1) is 15.6. The molecule has 2 aromatic carbocycles. The lowest BCUT2D eigenvalue weighted by atomic mass is 10.1. The van der Waals surface area contributed by atoms with Crippen LogP contribution in [0.1, 0.15) is 27.6 Å². The average Bonchev–Trinajstić information content (AvgIpc) is 3.52. The van der Waals surface area contributed by atoms with Crippen molar-refractivity contribution in [3.05, 3.63) is 88.6 Å². The number of aromatic nitrogens is 2. The molecule has 0 bridgehead atoms. The first kappa shape index (κ1) is 20.2. The van der Waals surface area contributed by atoms with E-state index in [1.165, 1.54) is 6.92 Å². The molecule has 1 N–H and O–H groups in total. The van der Waals surface area contributed by atoms with E-state index in [2.05, 4.69) is 5.32 Å². The van der Waals surface area contributed by atoms with Gasteiger partial charge in [-0.2, -0.15) is 0 Å². The molecule has 5 rings (SSSR count). The molecule has 5 aromatic rings. The van der Waals surface area contributed by atoms with Crippen LogP contribution in [-0.4, -0.2) is 21.7 Å². The van der Waals surface area contributed by atoms with Crippen molar-refractivity contribution < 1.29 is 9.59 Å². The fraction of sp³-hybridized carbons (Fsp3) is 0.0400. The monoisotopic (exact) mass is 455 g/mol. The summed E-state index contributed by atoms with van der Waals surface area (Å²) in [6, 6.07) is 20.2. The molecule has 5 nitrogen and oxygen atoms in total. The number of carbonyl (C=O) groups excluding carboxylic acids is 2. The van der Waals surface area contributed by atoms with Gasteiger partial charge in [0.1, 0.15) is 11.4 Å². The molecule has 0 radical (unpaired) electrons. The summed E-state index contributed by atoms with van der Waals surface area (Å²) in [5.41, 5.74) is 4.77. The third-order valence-corrected chi connectivity index (χ3v) is 6.74. The Kier molecular flexibility index (Phi) is 5.34. The topological polar surface area (TPSA) is 72.0 Å². The normalized spacial score (nSPS) is 10.9. The smallest absolute Gasteiger partial charge is 0.255 e. The number of benzene rings is 2. The highest BCUT2D eigenvalue weighted by Crippen LogP contribution is 2.35. The molecule has 156 valence electrons. The van der Waals surface area contributed by atoms with Crippen molar-refractivity contribution >= 4 is 51.1 Å². The quantitative estimate of drug-likeness (QED) is 0.305.